The van der Waals surface area contributed by atoms with Crippen LogP contribution in [0.5, 0.6) is 0 Å². The van der Waals surface area contributed by atoms with Crippen molar-refractivity contribution in [2.75, 3.05) is 26.2 Å². The zero-order valence-electron chi connectivity index (χ0n) is 59.9. The fourth-order valence-electron chi connectivity index (χ4n) is 21.9. The molecule has 0 aromatic heterocycles. The fourth-order valence-corrected chi connectivity index (χ4v) is 21.9. The lowest BCUT2D eigenvalue weighted by Gasteiger charge is -2.63. The van der Waals surface area contributed by atoms with Gasteiger partial charge in [-0.1, -0.05) is 180 Å². The fraction of sp³-hybridized carbons (Fsp3) is 0.827. The van der Waals surface area contributed by atoms with Crippen molar-refractivity contribution in [2.45, 2.75) is 305 Å². The average molecular weight is 1300 g/mol. The average Bonchev–Trinajstić information content (AvgIpc) is 1.69. The van der Waals surface area contributed by atoms with Crippen LogP contribution in [0.3, 0.4) is 0 Å². The summed E-state index contributed by atoms with van der Waals surface area (Å²) < 4.78 is 10.6. The Morgan fingerprint density at radius 3 is 1.40 bits per heavy atom. The number of nitrogens with zero attached hydrogens (tertiary/aromatic N) is 1. The number of unbranched alkanes of at least 4 members (excludes halogenated alkanes) is 10. The van der Waals surface area contributed by atoms with Crippen LogP contribution in [0, 0.1) is 92.7 Å². The molecule has 8 aliphatic carbocycles. The van der Waals surface area contributed by atoms with E-state index in [0.29, 0.717) is 84.9 Å². The number of hydrogen-bond donors (Lipinski definition) is 7. The Balaban J connectivity index is 0.000000209. The number of ether oxygens (including phenoxy) is 2. The van der Waals surface area contributed by atoms with Crippen molar-refractivity contribution in [1.82, 2.24) is 10.2 Å². The summed E-state index contributed by atoms with van der Waals surface area (Å²) in [6.45, 7) is 24.7. The van der Waals surface area contributed by atoms with Crippen molar-refractivity contribution in [3.63, 3.8) is 0 Å². The van der Waals surface area contributed by atoms with E-state index in [4.69, 9.17) is 9.47 Å². The molecule has 2 aromatic rings. The summed E-state index contributed by atoms with van der Waals surface area (Å²) in [6, 6.07) is 19.5. The van der Waals surface area contributed by atoms with E-state index in [1.54, 1.807) is 0 Å². The molecule has 0 heterocycles. The van der Waals surface area contributed by atoms with Gasteiger partial charge in [-0.25, -0.2) is 4.79 Å². The minimum atomic E-state index is -0.361. The van der Waals surface area contributed by atoms with Gasteiger partial charge in [0, 0.05) is 20.0 Å². The number of benzene rings is 2. The molecule has 1 amide bonds. The molecule has 0 spiro atoms. The molecule has 10 rings (SSSR count). The molecule has 4 unspecified atom stereocenters. The molecule has 2 aromatic carbocycles. The Hall–Kier alpha value is -3.10. The normalized spacial score (nSPS) is 37.1. The first kappa shape index (κ1) is 75.7. The van der Waals surface area contributed by atoms with E-state index in [1.165, 1.54) is 96.8 Å². The topological polar surface area (TPSA) is 189 Å². The molecule has 93 heavy (non-hydrogen) atoms. The van der Waals surface area contributed by atoms with Gasteiger partial charge in [-0.3, -0.25) is 4.79 Å². The molecule has 0 aliphatic heterocycles. The summed E-state index contributed by atoms with van der Waals surface area (Å²) in [6.07, 6.45) is 31.1. The highest BCUT2D eigenvalue weighted by molar-refractivity contribution is 5.67. The number of carbonyl (C=O) groups excluding carboxylic acids is 2. The molecular weight excluding hydrogens is 1160 g/mol. The van der Waals surface area contributed by atoms with Crippen LogP contribution >= 0.6 is 0 Å². The van der Waals surface area contributed by atoms with Crippen molar-refractivity contribution in [3.8, 4) is 0 Å². The van der Waals surface area contributed by atoms with Crippen LogP contribution in [-0.4, -0.2) is 110 Å². The SMILES string of the molecule is CC(=O)OCc1ccccc1.CCCCCCCCN(CCCC(C)[C@H]1CC[C@H]2C3[C@H](O)C[C@@H]4C[C@H](O)CC[C@]4(C)[C@H]3C[C@H](O)[C@]12C)C(=O)OCc1ccccc1.CCCCCCCCNCCCC(C)[C@H]1CC[C@H]2C3[C@H](O)C[C@@H]4C[C@H](O)CC[C@]4(C)[C@H]3C[C@H](O)[C@]12C. The molecule has 0 bridgehead atoms. The lowest BCUT2D eigenvalue weighted by molar-refractivity contribution is -0.207. The van der Waals surface area contributed by atoms with Crippen molar-refractivity contribution in [1.29, 1.82) is 0 Å². The monoisotopic (exact) mass is 1300 g/mol. The van der Waals surface area contributed by atoms with Crippen molar-refractivity contribution in [2.24, 2.45) is 92.7 Å². The maximum atomic E-state index is 13.2. The van der Waals surface area contributed by atoms with Gasteiger partial charge in [0.15, 0.2) is 0 Å². The Labute approximate surface area is 564 Å². The number of fused-ring (bicyclic) bond motifs is 10. The predicted octanol–water partition coefficient (Wildman–Crippen LogP) is 16.4. The van der Waals surface area contributed by atoms with Crippen LogP contribution in [0.1, 0.15) is 266 Å². The number of aliphatic hydroxyl groups excluding tert-OH is 6. The van der Waals surface area contributed by atoms with Crippen molar-refractivity contribution >= 4 is 12.1 Å². The molecule has 12 heteroatoms. The highest BCUT2D eigenvalue weighted by atomic mass is 16.6. The van der Waals surface area contributed by atoms with Gasteiger partial charge < -0.3 is 50.3 Å². The molecule has 8 aliphatic rings. The largest absolute Gasteiger partial charge is 0.461 e. The van der Waals surface area contributed by atoms with Gasteiger partial charge in [0.25, 0.3) is 0 Å². The van der Waals surface area contributed by atoms with E-state index in [2.05, 4.69) is 60.7 Å². The number of esters is 1. The predicted molar refractivity (Wildman–Crippen MR) is 375 cm³/mol. The maximum absolute atomic E-state index is 13.2. The van der Waals surface area contributed by atoms with E-state index < -0.39 is 0 Å². The number of nitrogens with one attached hydrogen (secondary N) is 1. The Morgan fingerprint density at radius 2 is 0.925 bits per heavy atom. The molecule has 7 N–H and O–H groups in total. The second kappa shape index (κ2) is 35.6. The molecule has 22 atom stereocenters. The first-order valence-electron chi connectivity index (χ1n) is 38.5. The third kappa shape index (κ3) is 18.4. The summed E-state index contributed by atoms with van der Waals surface area (Å²) in [5.74, 6) is 4.60. The van der Waals surface area contributed by atoms with Crippen LogP contribution in [0.25, 0.3) is 0 Å². The quantitative estimate of drug-likeness (QED) is 0.0317. The van der Waals surface area contributed by atoms with Crippen LogP contribution in [0.15, 0.2) is 60.7 Å². The zero-order chi connectivity index (χ0) is 66.9. The first-order valence-corrected chi connectivity index (χ1v) is 38.5. The highest BCUT2D eigenvalue weighted by Crippen LogP contribution is 2.70. The summed E-state index contributed by atoms with van der Waals surface area (Å²) >= 11 is 0. The molecule has 0 radical (unpaired) electrons. The van der Waals surface area contributed by atoms with Crippen LogP contribution in [-0.2, 0) is 27.5 Å². The number of carbonyl (C=O) groups is 2. The van der Waals surface area contributed by atoms with Gasteiger partial charge in [-0.05, 0) is 245 Å². The smallest absolute Gasteiger partial charge is 0.410 e. The van der Waals surface area contributed by atoms with Gasteiger partial charge in [0.05, 0.1) is 36.6 Å². The van der Waals surface area contributed by atoms with Gasteiger partial charge in [0.1, 0.15) is 13.2 Å². The second-order valence-electron chi connectivity index (χ2n) is 32.9. The standard InChI is InChI=1S/C40H65NO5.C32H59NO3.C9H10O2/c1-5-6-7-8-9-13-22-41(38(45)46-27-29-16-11-10-12-17-29)23-14-15-28(2)32-18-19-33-37-34(26-36(44)40(32,33)4)39(3)21-20-31(42)24-30(39)25-35(37)43;1-5-6-7-8-9-10-17-33-18-11-12-22(2)25-13-14-26-30-27(21-29(36)32(25,26)4)31(3)16-15-24(34)19-23(31)20-28(30)35;1-8(10)11-7-9-5-3-2-4-6-9/h10-12,16-17,28,30-37,42-44H,5-9,13-15,18-27H2,1-4H3;22-30,33-36H,5-21H2,1-4H3;2-6H,7H2,1H3/t28?,30-,31+,32+,33-,34-,35+,36-,37?,39-,40+;22?,23-,24+,25+,26-,27-,28+,29-,30?,31-,32+;/m00./s1. The molecular formula is C81H134N2O10. The van der Waals surface area contributed by atoms with Crippen molar-refractivity contribution in [3.05, 3.63) is 71.8 Å². The zero-order valence-corrected chi connectivity index (χ0v) is 59.9. The third-order valence-corrected chi connectivity index (χ3v) is 27.4. The van der Waals surface area contributed by atoms with Gasteiger partial charge in [0.2, 0.25) is 0 Å². The minimum Gasteiger partial charge on any atom is -0.461 e. The Bertz CT molecular complexity index is 2500. The van der Waals surface area contributed by atoms with Gasteiger partial charge in [-0.15, -0.1) is 0 Å². The van der Waals surface area contributed by atoms with E-state index in [-0.39, 0.29) is 76.3 Å². The lowest BCUT2D eigenvalue weighted by atomic mass is 9.43. The van der Waals surface area contributed by atoms with Crippen LogP contribution in [0.4, 0.5) is 4.79 Å². The summed E-state index contributed by atoms with van der Waals surface area (Å²) in [4.78, 5) is 25.6. The van der Waals surface area contributed by atoms with E-state index in [1.807, 2.05) is 65.6 Å². The molecule has 12 nitrogen and oxygen atoms in total. The van der Waals surface area contributed by atoms with Crippen LogP contribution in [0.2, 0.25) is 0 Å². The third-order valence-electron chi connectivity index (χ3n) is 27.4. The maximum Gasteiger partial charge on any atom is 0.410 e. The molecule has 8 saturated carbocycles. The number of amides is 1. The Kier molecular flexibility index (Phi) is 29.0. The molecule has 528 valence electrons. The second-order valence-corrected chi connectivity index (χ2v) is 32.9. The number of aliphatic hydroxyl groups is 6. The minimum absolute atomic E-state index is 0.0646. The summed E-state index contributed by atoms with van der Waals surface area (Å²) in [7, 11) is 0. The first-order chi connectivity index (χ1) is 44.6. The van der Waals surface area contributed by atoms with Crippen molar-refractivity contribution < 1.29 is 49.7 Å². The number of hydrogen-bond acceptors (Lipinski definition) is 11. The van der Waals surface area contributed by atoms with Gasteiger partial charge in [-0.2, -0.15) is 0 Å². The lowest BCUT2D eigenvalue weighted by Crippen LogP contribution is -2.62. The summed E-state index contributed by atoms with van der Waals surface area (Å²) in [5, 5.41) is 71.2. The van der Waals surface area contributed by atoms with Gasteiger partial charge >= 0.3 is 12.1 Å². The molecule has 8 fully saturated rings. The van der Waals surface area contributed by atoms with E-state index >= 15 is 0 Å². The van der Waals surface area contributed by atoms with E-state index in [9.17, 15) is 40.2 Å². The summed E-state index contributed by atoms with van der Waals surface area (Å²) in [5.41, 5.74) is 2.04. The molecule has 0 saturated heterocycles. The highest BCUT2D eigenvalue weighted by Gasteiger charge is 2.67. The number of rotatable bonds is 28. The Morgan fingerprint density at radius 1 is 0.505 bits per heavy atom. The van der Waals surface area contributed by atoms with E-state index in [0.717, 1.165) is 133 Å². The van der Waals surface area contributed by atoms with Crippen LogP contribution < -0.4 is 5.32 Å².